The zero-order valence-electron chi connectivity index (χ0n) is 18.0. The highest BCUT2D eigenvalue weighted by Gasteiger charge is 2.14. The van der Waals surface area contributed by atoms with Crippen molar-refractivity contribution in [1.29, 1.82) is 0 Å². The highest BCUT2D eigenvalue weighted by Crippen LogP contribution is 2.32. The maximum atomic E-state index is 13.9. The Morgan fingerprint density at radius 3 is 2.76 bits per heavy atom. The van der Waals surface area contributed by atoms with Gasteiger partial charge in [0.1, 0.15) is 0 Å². The van der Waals surface area contributed by atoms with Gasteiger partial charge in [0.05, 0.1) is 30.3 Å². The molecule has 0 fully saturated rings. The van der Waals surface area contributed by atoms with Crippen molar-refractivity contribution < 1.29 is 18.7 Å². The molecular formula is C24H19ClFN5O3. The molecule has 172 valence electrons. The number of amides is 1. The van der Waals surface area contributed by atoms with Crippen LogP contribution in [0.25, 0.3) is 5.69 Å². The summed E-state index contributed by atoms with van der Waals surface area (Å²) >= 11 is 5.72. The number of para-hydroxylation sites is 1. The van der Waals surface area contributed by atoms with Crippen LogP contribution in [-0.2, 0) is 0 Å². The predicted octanol–water partition coefficient (Wildman–Crippen LogP) is 5.01. The fourth-order valence-corrected chi connectivity index (χ4v) is 3.20. The third kappa shape index (κ3) is 5.38. The highest BCUT2D eigenvalue weighted by molar-refractivity contribution is 6.28. The molecule has 0 saturated heterocycles. The average molecular weight is 480 g/mol. The van der Waals surface area contributed by atoms with E-state index in [1.54, 1.807) is 37.3 Å². The first kappa shape index (κ1) is 22.9. The second-order valence-corrected chi connectivity index (χ2v) is 7.18. The number of nitrogens with zero attached hydrogens (tertiary/aromatic N) is 4. The Kier molecular flexibility index (Phi) is 7.14. The summed E-state index contributed by atoms with van der Waals surface area (Å²) in [7, 11) is 0. The van der Waals surface area contributed by atoms with Gasteiger partial charge in [0.25, 0.3) is 11.8 Å². The van der Waals surface area contributed by atoms with Gasteiger partial charge in [-0.1, -0.05) is 12.1 Å². The predicted molar refractivity (Wildman–Crippen MR) is 126 cm³/mol. The number of hydrogen-bond donors (Lipinski definition) is 1. The molecule has 10 heteroatoms. The first-order valence-electron chi connectivity index (χ1n) is 10.2. The number of hydrogen-bond acceptors (Lipinski definition) is 6. The van der Waals surface area contributed by atoms with Gasteiger partial charge in [0, 0.05) is 12.4 Å². The molecule has 0 aliphatic carbocycles. The van der Waals surface area contributed by atoms with Crippen LogP contribution in [0.2, 0.25) is 5.28 Å². The molecule has 34 heavy (non-hydrogen) atoms. The minimum Gasteiger partial charge on any atom is -0.490 e. The SMILES string of the molecule is CCOc1cc(/C=N\NC(=O)c2ccccc2-n2cccc2)ccc1Oc1nc(Cl)ncc1F. The fraction of sp³-hybridized carbons (Fsp3) is 0.0833. The van der Waals surface area contributed by atoms with Gasteiger partial charge < -0.3 is 14.0 Å². The molecule has 0 atom stereocenters. The largest absolute Gasteiger partial charge is 0.490 e. The Labute approximate surface area is 199 Å². The van der Waals surface area contributed by atoms with Crippen LogP contribution in [0.5, 0.6) is 17.4 Å². The molecule has 0 spiro atoms. The second kappa shape index (κ2) is 10.6. The van der Waals surface area contributed by atoms with Crippen LogP contribution in [0.1, 0.15) is 22.8 Å². The first-order chi connectivity index (χ1) is 16.5. The fourth-order valence-electron chi connectivity index (χ4n) is 3.08. The van der Waals surface area contributed by atoms with E-state index in [0.717, 1.165) is 11.9 Å². The standard InChI is InChI=1S/C24H19ClFN5O3/c1-2-33-21-13-16(9-10-20(21)34-23-18(26)15-27-24(25)29-23)14-28-30-22(32)17-7-3-4-8-19(17)31-11-5-6-12-31/h3-15H,2H2,1H3,(H,30,32)/b28-14-. The van der Waals surface area contributed by atoms with Crippen LogP contribution in [0.3, 0.4) is 0 Å². The van der Waals surface area contributed by atoms with Crippen LogP contribution in [0.15, 0.2) is 78.3 Å². The molecule has 0 aliphatic rings. The molecule has 8 nitrogen and oxygen atoms in total. The number of carbonyl (C=O) groups excluding carboxylic acids is 1. The third-order valence-corrected chi connectivity index (χ3v) is 4.75. The van der Waals surface area contributed by atoms with E-state index < -0.39 is 5.82 Å². The summed E-state index contributed by atoms with van der Waals surface area (Å²) in [5, 5.41) is 3.91. The maximum Gasteiger partial charge on any atom is 0.273 e. The third-order valence-electron chi connectivity index (χ3n) is 4.57. The Morgan fingerprint density at radius 1 is 1.18 bits per heavy atom. The molecule has 0 unspecified atom stereocenters. The topological polar surface area (TPSA) is 90.6 Å². The van der Waals surface area contributed by atoms with Gasteiger partial charge in [-0.05, 0) is 66.6 Å². The number of rotatable bonds is 8. The Hall–Kier alpha value is -4.24. The summed E-state index contributed by atoms with van der Waals surface area (Å²) in [6, 6.07) is 15.9. The lowest BCUT2D eigenvalue weighted by atomic mass is 10.1. The van der Waals surface area contributed by atoms with Crippen molar-refractivity contribution in [3.63, 3.8) is 0 Å². The van der Waals surface area contributed by atoms with Gasteiger partial charge in [-0.15, -0.1) is 0 Å². The molecule has 0 radical (unpaired) electrons. The minimum absolute atomic E-state index is 0.146. The maximum absolute atomic E-state index is 13.9. The molecule has 1 N–H and O–H groups in total. The van der Waals surface area contributed by atoms with Gasteiger partial charge in [0.2, 0.25) is 11.1 Å². The monoisotopic (exact) mass is 479 g/mol. The van der Waals surface area contributed by atoms with Crippen LogP contribution in [0.4, 0.5) is 4.39 Å². The number of benzene rings is 2. The van der Waals surface area contributed by atoms with Crippen molar-refractivity contribution >= 4 is 23.7 Å². The zero-order chi connectivity index (χ0) is 23.9. The molecule has 0 saturated carbocycles. The van der Waals surface area contributed by atoms with Gasteiger partial charge in [-0.25, -0.2) is 10.4 Å². The van der Waals surface area contributed by atoms with Crippen LogP contribution in [-0.4, -0.2) is 33.3 Å². The molecule has 2 aromatic carbocycles. The number of carbonyl (C=O) groups is 1. The average Bonchev–Trinajstić information content (AvgIpc) is 3.38. The van der Waals surface area contributed by atoms with Crippen LogP contribution in [0, 0.1) is 5.82 Å². The minimum atomic E-state index is -0.764. The van der Waals surface area contributed by atoms with Gasteiger partial charge in [-0.3, -0.25) is 4.79 Å². The van der Waals surface area contributed by atoms with E-state index in [-0.39, 0.29) is 22.8 Å². The summed E-state index contributed by atoms with van der Waals surface area (Å²) in [5.74, 6) is -0.875. The molecule has 1 amide bonds. The lowest BCUT2D eigenvalue weighted by molar-refractivity contribution is 0.0955. The lowest BCUT2D eigenvalue weighted by Crippen LogP contribution is -2.19. The Balaban J connectivity index is 1.50. The molecule has 0 aliphatic heterocycles. The van der Waals surface area contributed by atoms with Crippen LogP contribution >= 0.6 is 11.6 Å². The van der Waals surface area contributed by atoms with Gasteiger partial charge in [0.15, 0.2) is 11.5 Å². The summed E-state index contributed by atoms with van der Waals surface area (Å²) in [5.41, 5.74) is 4.36. The highest BCUT2D eigenvalue weighted by atomic mass is 35.5. The lowest BCUT2D eigenvalue weighted by Gasteiger charge is -2.12. The Morgan fingerprint density at radius 2 is 1.97 bits per heavy atom. The van der Waals surface area contributed by atoms with E-state index in [4.69, 9.17) is 21.1 Å². The van der Waals surface area contributed by atoms with E-state index in [2.05, 4.69) is 20.5 Å². The molecule has 4 aromatic rings. The van der Waals surface area contributed by atoms with E-state index in [0.29, 0.717) is 23.5 Å². The van der Waals surface area contributed by atoms with Crippen molar-refractivity contribution in [1.82, 2.24) is 20.0 Å². The number of nitrogens with one attached hydrogen (secondary N) is 1. The number of aromatic nitrogens is 3. The number of halogens is 2. The van der Waals surface area contributed by atoms with Crippen molar-refractivity contribution in [3.8, 4) is 23.1 Å². The number of ether oxygens (including phenoxy) is 2. The molecule has 2 aromatic heterocycles. The summed E-state index contributed by atoms with van der Waals surface area (Å²) in [4.78, 5) is 20.0. The molecule has 0 bridgehead atoms. The van der Waals surface area contributed by atoms with Gasteiger partial charge in [-0.2, -0.15) is 14.5 Å². The Bertz CT molecular complexity index is 1330. The van der Waals surface area contributed by atoms with Crippen molar-refractivity contribution in [2.45, 2.75) is 6.92 Å². The van der Waals surface area contributed by atoms with Crippen LogP contribution < -0.4 is 14.9 Å². The van der Waals surface area contributed by atoms with Gasteiger partial charge >= 0.3 is 0 Å². The molecular weight excluding hydrogens is 461 g/mol. The summed E-state index contributed by atoms with van der Waals surface area (Å²) in [6.45, 7) is 2.14. The van der Waals surface area contributed by atoms with Crippen molar-refractivity contribution in [3.05, 3.63) is 95.4 Å². The van der Waals surface area contributed by atoms with E-state index in [1.165, 1.54) is 6.21 Å². The van der Waals surface area contributed by atoms with E-state index in [9.17, 15) is 9.18 Å². The molecule has 4 rings (SSSR count). The van der Waals surface area contributed by atoms with Crippen molar-refractivity contribution in [2.75, 3.05) is 6.61 Å². The summed E-state index contributed by atoms with van der Waals surface area (Å²) < 4.78 is 26.9. The quantitative estimate of drug-likeness (QED) is 0.218. The zero-order valence-corrected chi connectivity index (χ0v) is 18.7. The van der Waals surface area contributed by atoms with Crippen molar-refractivity contribution in [2.24, 2.45) is 5.10 Å². The van der Waals surface area contributed by atoms with E-state index >= 15 is 0 Å². The number of hydrazone groups is 1. The van der Waals surface area contributed by atoms with E-state index in [1.807, 2.05) is 41.2 Å². The second-order valence-electron chi connectivity index (χ2n) is 6.84. The first-order valence-corrected chi connectivity index (χ1v) is 10.6. The summed E-state index contributed by atoms with van der Waals surface area (Å²) in [6.07, 6.45) is 6.10. The normalized spacial score (nSPS) is 10.9. The molecule has 2 heterocycles. The smallest absolute Gasteiger partial charge is 0.273 e.